The highest BCUT2D eigenvalue weighted by Gasteiger charge is 2.26. The average molecular weight is 1430 g/mol. The summed E-state index contributed by atoms with van der Waals surface area (Å²) >= 11 is 0. The smallest absolute Gasteiger partial charge is 0.462 e. The van der Waals surface area contributed by atoms with Crippen LogP contribution in [0.25, 0.3) is 0 Å². The van der Waals surface area contributed by atoms with E-state index in [1.54, 1.807) is 0 Å². The summed E-state index contributed by atoms with van der Waals surface area (Å²) in [6.45, 7) is 3.68. The molecule has 101 heavy (non-hydrogen) atoms. The molecule has 0 heterocycles. The first-order valence-electron chi connectivity index (χ1n) is 43.4. The lowest BCUT2D eigenvalue weighted by atomic mass is 10.0. The Labute approximate surface area is 626 Å². The molecular formula is C91H164NO8P. The molecule has 0 saturated heterocycles. The predicted octanol–water partition coefficient (Wildman–Crippen LogP) is 29.5. The van der Waals surface area contributed by atoms with E-state index in [4.69, 9.17) is 24.3 Å². The molecular weight excluding hydrogens is 1270 g/mol. The second kappa shape index (κ2) is 85.6. The van der Waals surface area contributed by atoms with Crippen LogP contribution < -0.4 is 5.73 Å². The molecule has 0 aliphatic rings. The molecule has 0 aliphatic heterocycles. The van der Waals surface area contributed by atoms with Crippen LogP contribution in [0.5, 0.6) is 0 Å². The Hall–Kier alpha value is -3.33. The summed E-state index contributed by atoms with van der Waals surface area (Å²) in [5, 5.41) is 0. The number of hydrogen-bond donors (Lipinski definition) is 2. The summed E-state index contributed by atoms with van der Waals surface area (Å²) in [5.41, 5.74) is 5.42. The van der Waals surface area contributed by atoms with Gasteiger partial charge in [0.15, 0.2) is 6.10 Å². The minimum atomic E-state index is -4.40. The van der Waals surface area contributed by atoms with Crippen LogP contribution in [0.2, 0.25) is 0 Å². The van der Waals surface area contributed by atoms with Gasteiger partial charge in [-0.1, -0.05) is 419 Å². The van der Waals surface area contributed by atoms with Gasteiger partial charge in [0.05, 0.1) is 13.2 Å². The standard InChI is InChI=1S/C91H164NO8P/c1-3-5-7-9-11-13-15-17-19-21-23-25-27-29-31-33-35-37-39-41-43-44-46-48-50-52-54-56-58-60-62-64-66-68-70-72-74-76-78-80-82-84-91(94)100-89(88-99-101(95,96)98-86-85-92)87-97-90(93)83-81-79-77-75-73-71-69-67-65-63-61-59-57-55-53-51-49-47-45-42-40-38-36-34-32-30-28-26-24-22-20-18-16-14-12-10-8-6-4-2/h5,7,11,13,16-19,22-25,29,31,35,37,41,43,89H,3-4,6,8-10,12,14-15,20-21,26-28,30,32-34,36,38-40,42,44-88,92H2,1-2H3,(H,95,96)/b7-5-,13-11-,18-16-,19-17-,24-22-,25-23-,31-29-,37-35-,43-41-. The highest BCUT2D eigenvalue weighted by molar-refractivity contribution is 7.47. The van der Waals surface area contributed by atoms with Crippen molar-refractivity contribution >= 4 is 19.8 Å². The molecule has 0 bridgehead atoms. The van der Waals surface area contributed by atoms with E-state index in [0.717, 1.165) is 89.9 Å². The molecule has 0 saturated carbocycles. The van der Waals surface area contributed by atoms with Crippen molar-refractivity contribution in [1.82, 2.24) is 0 Å². The molecule has 0 rings (SSSR count). The molecule has 0 radical (unpaired) electrons. The second-order valence-electron chi connectivity index (χ2n) is 29.0. The minimum Gasteiger partial charge on any atom is -0.462 e. The van der Waals surface area contributed by atoms with E-state index < -0.39 is 26.5 Å². The van der Waals surface area contributed by atoms with Gasteiger partial charge in [-0.3, -0.25) is 18.6 Å². The van der Waals surface area contributed by atoms with Crippen molar-refractivity contribution in [2.24, 2.45) is 5.73 Å². The molecule has 0 aromatic carbocycles. The van der Waals surface area contributed by atoms with E-state index in [9.17, 15) is 19.0 Å². The Kier molecular flexibility index (Phi) is 82.8. The van der Waals surface area contributed by atoms with Crippen molar-refractivity contribution in [3.8, 4) is 0 Å². The minimum absolute atomic E-state index is 0.0534. The number of esters is 2. The van der Waals surface area contributed by atoms with E-state index in [0.29, 0.717) is 6.42 Å². The number of ether oxygens (including phenoxy) is 2. The normalized spacial score (nSPS) is 13.3. The van der Waals surface area contributed by atoms with Gasteiger partial charge >= 0.3 is 19.8 Å². The lowest BCUT2D eigenvalue weighted by Crippen LogP contribution is -2.29. The molecule has 0 aromatic heterocycles. The van der Waals surface area contributed by atoms with Crippen molar-refractivity contribution in [3.05, 3.63) is 109 Å². The van der Waals surface area contributed by atoms with E-state index in [-0.39, 0.29) is 38.6 Å². The quantitative estimate of drug-likeness (QED) is 0.0264. The highest BCUT2D eigenvalue weighted by Crippen LogP contribution is 2.43. The number of carbonyl (C=O) groups excluding carboxylic acids is 2. The van der Waals surface area contributed by atoms with Crippen molar-refractivity contribution < 1.29 is 37.6 Å². The highest BCUT2D eigenvalue weighted by atomic mass is 31.2. The molecule has 0 spiro atoms. The number of nitrogens with two attached hydrogens (primary N) is 1. The molecule has 3 N–H and O–H groups in total. The molecule has 0 aromatic rings. The molecule has 9 nitrogen and oxygen atoms in total. The van der Waals surface area contributed by atoms with Crippen LogP contribution in [0, 0.1) is 0 Å². The fourth-order valence-electron chi connectivity index (χ4n) is 12.8. The maximum absolute atomic E-state index is 12.8. The number of phosphoric acid groups is 1. The van der Waals surface area contributed by atoms with Gasteiger partial charge in [-0.05, 0) is 103 Å². The van der Waals surface area contributed by atoms with Gasteiger partial charge in [0.1, 0.15) is 6.61 Å². The number of rotatable bonds is 82. The van der Waals surface area contributed by atoms with E-state index >= 15 is 0 Å². The predicted molar refractivity (Wildman–Crippen MR) is 441 cm³/mol. The van der Waals surface area contributed by atoms with Gasteiger partial charge < -0.3 is 20.1 Å². The van der Waals surface area contributed by atoms with Crippen molar-refractivity contribution in [2.45, 2.75) is 431 Å². The fraction of sp³-hybridized carbons (Fsp3) is 0.780. The largest absolute Gasteiger partial charge is 0.472 e. The number of carbonyl (C=O) groups is 2. The van der Waals surface area contributed by atoms with Crippen LogP contribution in [0.1, 0.15) is 425 Å². The van der Waals surface area contributed by atoms with Gasteiger partial charge in [-0.15, -0.1) is 0 Å². The van der Waals surface area contributed by atoms with Crippen LogP contribution in [0.4, 0.5) is 0 Å². The first-order valence-corrected chi connectivity index (χ1v) is 44.9. The second-order valence-corrected chi connectivity index (χ2v) is 30.5. The molecule has 586 valence electrons. The molecule has 10 heteroatoms. The van der Waals surface area contributed by atoms with E-state index in [1.165, 1.54) is 302 Å². The lowest BCUT2D eigenvalue weighted by Gasteiger charge is -2.19. The van der Waals surface area contributed by atoms with Crippen LogP contribution in [0.15, 0.2) is 109 Å². The lowest BCUT2D eigenvalue weighted by molar-refractivity contribution is -0.161. The monoisotopic (exact) mass is 1430 g/mol. The zero-order valence-corrected chi connectivity index (χ0v) is 67.3. The number of hydrogen-bond acceptors (Lipinski definition) is 8. The van der Waals surface area contributed by atoms with Gasteiger partial charge in [0.25, 0.3) is 0 Å². The van der Waals surface area contributed by atoms with Crippen molar-refractivity contribution in [2.75, 3.05) is 26.4 Å². The Morgan fingerprint density at radius 2 is 0.545 bits per heavy atom. The molecule has 0 aliphatic carbocycles. The Morgan fingerprint density at radius 1 is 0.307 bits per heavy atom. The van der Waals surface area contributed by atoms with Gasteiger partial charge in [-0.2, -0.15) is 0 Å². The first-order chi connectivity index (χ1) is 49.8. The summed E-state index contributed by atoms with van der Waals surface area (Å²) in [7, 11) is -4.40. The van der Waals surface area contributed by atoms with Crippen LogP contribution in [-0.2, 0) is 32.7 Å². The molecule has 2 unspecified atom stereocenters. The Bertz CT molecular complexity index is 2040. The molecule has 0 fully saturated rings. The topological polar surface area (TPSA) is 134 Å². The first kappa shape index (κ1) is 97.7. The van der Waals surface area contributed by atoms with Crippen LogP contribution in [-0.4, -0.2) is 49.3 Å². The zero-order valence-electron chi connectivity index (χ0n) is 66.4. The maximum atomic E-state index is 12.8. The van der Waals surface area contributed by atoms with Gasteiger partial charge in [0, 0.05) is 19.4 Å². The zero-order chi connectivity index (χ0) is 72.9. The Balaban J connectivity index is 3.75. The van der Waals surface area contributed by atoms with Crippen LogP contribution >= 0.6 is 7.82 Å². The average Bonchev–Trinajstić information content (AvgIpc) is 1.04. The third-order valence-electron chi connectivity index (χ3n) is 19.1. The number of allylic oxidation sites excluding steroid dienone is 18. The summed E-state index contributed by atoms with van der Waals surface area (Å²) in [4.78, 5) is 35.5. The van der Waals surface area contributed by atoms with Crippen molar-refractivity contribution in [3.63, 3.8) is 0 Å². The third kappa shape index (κ3) is 85.5. The SMILES string of the molecule is CC/C=C\C/C=C\C/C=C\C/C=C\C/C=C\C/C=C\C/C=C\CCCCCCCCCCCCCCCCCCCCCC(=O)OC(COC(=O)CCCCCCCCCCCCCCCCCCCCCCCCCCCCC/C=C\C/C=C\CCCCCCC)COP(=O)(O)OCCN. The number of unbranched alkanes of at least 4 members (excludes halogenated alkanes) is 51. The van der Waals surface area contributed by atoms with Gasteiger partial charge in [0.2, 0.25) is 0 Å². The van der Waals surface area contributed by atoms with Crippen molar-refractivity contribution in [1.29, 1.82) is 0 Å². The van der Waals surface area contributed by atoms with Gasteiger partial charge in [-0.25, -0.2) is 4.57 Å². The molecule has 2 atom stereocenters. The summed E-state index contributed by atoms with van der Waals surface area (Å²) in [6.07, 6.45) is 120. The van der Waals surface area contributed by atoms with Crippen LogP contribution in [0.3, 0.4) is 0 Å². The fourth-order valence-corrected chi connectivity index (χ4v) is 13.5. The summed E-state index contributed by atoms with van der Waals surface area (Å²) < 4.78 is 33.3. The van der Waals surface area contributed by atoms with E-state index in [1.807, 2.05) is 0 Å². The van der Waals surface area contributed by atoms with E-state index in [2.05, 4.69) is 123 Å². The number of phosphoric ester groups is 1. The molecule has 0 amide bonds. The maximum Gasteiger partial charge on any atom is 0.472 e. The summed E-state index contributed by atoms with van der Waals surface area (Å²) in [5.74, 6) is -0.807. The third-order valence-corrected chi connectivity index (χ3v) is 20.1. The summed E-state index contributed by atoms with van der Waals surface area (Å²) in [6, 6.07) is 0. The Morgan fingerprint density at radius 3 is 0.812 bits per heavy atom.